The van der Waals surface area contributed by atoms with Crippen molar-refractivity contribution in [3.8, 4) is 0 Å². The van der Waals surface area contributed by atoms with Crippen LogP contribution in [0.25, 0.3) is 0 Å². The van der Waals surface area contributed by atoms with Crippen molar-refractivity contribution in [2.45, 2.75) is 45.3 Å². The van der Waals surface area contributed by atoms with Crippen molar-refractivity contribution in [2.24, 2.45) is 0 Å². The number of carbonyl (C=O) groups is 3. The van der Waals surface area contributed by atoms with E-state index in [-0.39, 0.29) is 31.7 Å². The third kappa shape index (κ3) is 6.12. The summed E-state index contributed by atoms with van der Waals surface area (Å²) >= 11 is 0. The number of carboxylic acids is 2. The summed E-state index contributed by atoms with van der Waals surface area (Å²) in [5.74, 6) is -2.80. The lowest BCUT2D eigenvalue weighted by atomic mass is 10.1. The second-order valence-electron chi connectivity index (χ2n) is 5.58. The molecule has 1 rings (SSSR count). The van der Waals surface area contributed by atoms with Crippen LogP contribution in [0.15, 0.2) is 6.20 Å². The highest BCUT2D eigenvalue weighted by Crippen LogP contribution is 2.12. The van der Waals surface area contributed by atoms with Crippen molar-refractivity contribution < 1.29 is 29.5 Å². The lowest BCUT2D eigenvalue weighted by Gasteiger charge is -2.18. The Morgan fingerprint density at radius 2 is 2.04 bits per heavy atom. The number of nitrogens with one attached hydrogen (secondary N) is 2. The Balaban J connectivity index is 2.54. The van der Waals surface area contributed by atoms with Gasteiger partial charge in [-0.2, -0.15) is 0 Å². The van der Waals surface area contributed by atoms with Crippen LogP contribution in [0.1, 0.15) is 25.6 Å². The minimum Gasteiger partial charge on any atom is -0.481 e. The van der Waals surface area contributed by atoms with Crippen LogP contribution in [0, 0.1) is 17.0 Å². The van der Waals surface area contributed by atoms with Crippen LogP contribution >= 0.6 is 0 Å². The minimum atomic E-state index is -1.32. The Hall–Kier alpha value is -3.02. The number of hydrogen-bond donors (Lipinski definition) is 4. The first kappa shape index (κ1) is 21.0. The average Bonchev–Trinajstić information content (AvgIpc) is 2.91. The van der Waals surface area contributed by atoms with Gasteiger partial charge in [-0.05, 0) is 18.3 Å². The molecule has 12 nitrogen and oxygen atoms in total. The van der Waals surface area contributed by atoms with E-state index in [2.05, 4.69) is 15.6 Å². The van der Waals surface area contributed by atoms with Crippen molar-refractivity contribution in [1.82, 2.24) is 20.2 Å². The molecule has 1 amide bonds. The van der Waals surface area contributed by atoms with Gasteiger partial charge in [-0.15, -0.1) is 0 Å². The SMILES string of the molecule is Cc1ncc([N+](=O)[O-])n1CCN[C@@H](C)C(=O)N[C@@H](CCC(=O)O)C(=O)O. The first-order valence-electron chi connectivity index (χ1n) is 7.78. The average molecular weight is 371 g/mol. The summed E-state index contributed by atoms with van der Waals surface area (Å²) in [5, 5.41) is 33.6. The van der Waals surface area contributed by atoms with Crippen LogP contribution in [0.2, 0.25) is 0 Å². The van der Waals surface area contributed by atoms with E-state index in [1.54, 1.807) is 6.92 Å². The lowest BCUT2D eigenvalue weighted by molar-refractivity contribution is -0.392. The van der Waals surface area contributed by atoms with Crippen LogP contribution in [0.3, 0.4) is 0 Å². The first-order valence-corrected chi connectivity index (χ1v) is 7.78. The van der Waals surface area contributed by atoms with E-state index in [0.29, 0.717) is 5.82 Å². The second-order valence-corrected chi connectivity index (χ2v) is 5.58. The molecule has 0 aliphatic heterocycles. The monoisotopic (exact) mass is 371 g/mol. The molecule has 0 saturated carbocycles. The van der Waals surface area contributed by atoms with Gasteiger partial charge in [-0.3, -0.25) is 9.59 Å². The number of carboxylic acid groups (broad SMARTS) is 2. The highest BCUT2D eigenvalue weighted by atomic mass is 16.6. The molecule has 0 fully saturated rings. The third-order valence-corrected chi connectivity index (χ3v) is 3.66. The van der Waals surface area contributed by atoms with Gasteiger partial charge in [0.1, 0.15) is 18.8 Å². The second kappa shape index (κ2) is 9.46. The highest BCUT2D eigenvalue weighted by molar-refractivity contribution is 5.86. The molecule has 12 heteroatoms. The molecular formula is C14H21N5O7. The van der Waals surface area contributed by atoms with E-state index < -0.39 is 34.9 Å². The van der Waals surface area contributed by atoms with Crippen LogP contribution in [-0.2, 0) is 20.9 Å². The molecule has 0 aliphatic rings. The van der Waals surface area contributed by atoms with Gasteiger partial charge in [0.25, 0.3) is 0 Å². The normalized spacial score (nSPS) is 13.0. The van der Waals surface area contributed by atoms with E-state index >= 15 is 0 Å². The number of hydrogen-bond acceptors (Lipinski definition) is 7. The number of carbonyl (C=O) groups excluding carboxylic acids is 1. The molecule has 2 atom stereocenters. The molecule has 0 spiro atoms. The quantitative estimate of drug-likeness (QED) is 0.295. The van der Waals surface area contributed by atoms with E-state index in [1.807, 2.05) is 0 Å². The van der Waals surface area contributed by atoms with Crippen LogP contribution < -0.4 is 10.6 Å². The van der Waals surface area contributed by atoms with Crippen LogP contribution in [0.5, 0.6) is 0 Å². The van der Waals surface area contributed by atoms with E-state index in [9.17, 15) is 24.5 Å². The maximum absolute atomic E-state index is 12.0. The molecule has 1 heterocycles. The molecule has 0 aliphatic carbocycles. The zero-order valence-corrected chi connectivity index (χ0v) is 14.3. The third-order valence-electron chi connectivity index (χ3n) is 3.66. The Labute approximate surface area is 148 Å². The molecule has 0 unspecified atom stereocenters. The topological polar surface area (TPSA) is 177 Å². The number of nitrogens with zero attached hydrogens (tertiary/aromatic N) is 3. The zero-order valence-electron chi connectivity index (χ0n) is 14.3. The Morgan fingerprint density at radius 1 is 1.38 bits per heavy atom. The number of aromatic nitrogens is 2. The number of imidazole rings is 1. The standard InChI is InChI=1S/C14H21N5O7/c1-8(13(22)17-10(14(23)24)3-4-12(20)21)15-5-6-18-9(2)16-7-11(18)19(25)26/h7-8,10,15H,3-6H2,1-2H3,(H,17,22)(H,20,21)(H,23,24)/t8-,10-/m0/s1. The Morgan fingerprint density at radius 3 is 2.58 bits per heavy atom. The van der Waals surface area contributed by atoms with Crippen molar-refractivity contribution >= 4 is 23.7 Å². The predicted molar refractivity (Wildman–Crippen MR) is 87.5 cm³/mol. The fourth-order valence-electron chi connectivity index (χ4n) is 2.19. The smallest absolute Gasteiger partial charge is 0.342 e. The highest BCUT2D eigenvalue weighted by Gasteiger charge is 2.24. The maximum atomic E-state index is 12.0. The van der Waals surface area contributed by atoms with Crippen molar-refractivity contribution in [2.75, 3.05) is 6.54 Å². The Bertz CT molecular complexity index is 687. The molecule has 4 N–H and O–H groups in total. The van der Waals surface area contributed by atoms with E-state index in [0.717, 1.165) is 6.20 Å². The zero-order chi connectivity index (χ0) is 19.9. The fraction of sp³-hybridized carbons (Fsp3) is 0.571. The number of nitro groups is 1. The summed E-state index contributed by atoms with van der Waals surface area (Å²) in [6.45, 7) is 3.52. The molecule has 1 aromatic heterocycles. The summed E-state index contributed by atoms with van der Waals surface area (Å²) < 4.78 is 1.38. The van der Waals surface area contributed by atoms with Gasteiger partial charge in [-0.25, -0.2) is 14.3 Å². The summed E-state index contributed by atoms with van der Waals surface area (Å²) in [7, 11) is 0. The molecule has 26 heavy (non-hydrogen) atoms. The molecular weight excluding hydrogens is 350 g/mol. The first-order chi connectivity index (χ1) is 12.1. The lowest BCUT2D eigenvalue weighted by Crippen LogP contribution is -2.49. The van der Waals surface area contributed by atoms with Gasteiger partial charge in [0.15, 0.2) is 5.82 Å². The number of aliphatic carboxylic acids is 2. The number of aryl methyl sites for hydroxylation is 1. The van der Waals surface area contributed by atoms with E-state index in [1.165, 1.54) is 11.5 Å². The van der Waals surface area contributed by atoms with Gasteiger partial charge in [0.05, 0.1) is 6.04 Å². The molecule has 1 aromatic rings. The van der Waals surface area contributed by atoms with Crippen molar-refractivity contribution in [3.05, 3.63) is 22.1 Å². The van der Waals surface area contributed by atoms with Gasteiger partial charge in [0, 0.05) is 19.9 Å². The minimum absolute atomic E-state index is 0.166. The number of rotatable bonds is 11. The van der Waals surface area contributed by atoms with E-state index in [4.69, 9.17) is 10.2 Å². The van der Waals surface area contributed by atoms with Gasteiger partial charge < -0.3 is 31.0 Å². The number of amides is 1. The summed E-state index contributed by atoms with van der Waals surface area (Å²) in [6, 6.07) is -2.08. The van der Waals surface area contributed by atoms with Crippen LogP contribution in [-0.4, -0.2) is 61.2 Å². The van der Waals surface area contributed by atoms with Crippen molar-refractivity contribution in [3.63, 3.8) is 0 Å². The van der Waals surface area contributed by atoms with Gasteiger partial charge >= 0.3 is 17.8 Å². The van der Waals surface area contributed by atoms with Crippen LogP contribution in [0.4, 0.5) is 5.82 Å². The summed E-state index contributed by atoms with van der Waals surface area (Å²) in [6.07, 6.45) is 0.525. The predicted octanol–water partition coefficient (Wildman–Crippen LogP) is -0.488. The molecule has 0 aromatic carbocycles. The Kier molecular flexibility index (Phi) is 7.65. The van der Waals surface area contributed by atoms with Gasteiger partial charge in [-0.1, -0.05) is 0 Å². The summed E-state index contributed by atoms with van der Waals surface area (Å²) in [4.78, 5) is 47.8. The summed E-state index contributed by atoms with van der Waals surface area (Å²) in [5.41, 5.74) is 0. The van der Waals surface area contributed by atoms with Gasteiger partial charge in [0.2, 0.25) is 5.91 Å². The molecule has 0 bridgehead atoms. The molecule has 0 radical (unpaired) electrons. The van der Waals surface area contributed by atoms with Crippen molar-refractivity contribution in [1.29, 1.82) is 0 Å². The fourth-order valence-corrected chi connectivity index (χ4v) is 2.19. The maximum Gasteiger partial charge on any atom is 0.342 e. The molecule has 0 saturated heterocycles. The molecule has 144 valence electrons. The largest absolute Gasteiger partial charge is 0.481 e.